The molecule has 0 spiro atoms. The molecule has 2 aliphatic rings. The molecule has 178 valence electrons. The summed E-state index contributed by atoms with van der Waals surface area (Å²) >= 11 is 3.65. The summed E-state index contributed by atoms with van der Waals surface area (Å²) in [6.07, 6.45) is 4.66. The molecule has 0 bridgehead atoms. The van der Waals surface area contributed by atoms with Crippen molar-refractivity contribution in [1.82, 2.24) is 4.90 Å². The minimum Gasteiger partial charge on any atom is -0.388 e. The van der Waals surface area contributed by atoms with Crippen molar-refractivity contribution >= 4 is 34.9 Å². The van der Waals surface area contributed by atoms with Crippen LogP contribution >= 0.6 is 23.5 Å². The summed E-state index contributed by atoms with van der Waals surface area (Å²) in [5, 5.41) is 10.7. The van der Waals surface area contributed by atoms with Gasteiger partial charge in [-0.1, -0.05) is 36.0 Å². The monoisotopic (exact) mass is 494 g/mol. The highest BCUT2D eigenvalue weighted by atomic mass is 32.2. The lowest BCUT2D eigenvalue weighted by Crippen LogP contribution is -2.37. The Labute approximate surface area is 210 Å². The summed E-state index contributed by atoms with van der Waals surface area (Å²) in [4.78, 5) is 8.96. The predicted molar refractivity (Wildman–Crippen MR) is 141 cm³/mol. The van der Waals surface area contributed by atoms with Crippen LogP contribution in [0.5, 0.6) is 0 Å². The Morgan fingerprint density at radius 3 is 2.47 bits per heavy atom. The quantitative estimate of drug-likeness (QED) is 0.357. The molecule has 2 heterocycles. The molecular weight excluding hydrogens is 463 g/mol. The third-order valence-electron chi connectivity index (χ3n) is 6.98. The Bertz CT molecular complexity index is 1120. The van der Waals surface area contributed by atoms with E-state index in [1.165, 1.54) is 38.2 Å². The van der Waals surface area contributed by atoms with Crippen LogP contribution in [-0.4, -0.2) is 42.4 Å². The average molecular weight is 495 g/mol. The standard InChI is InChI=1S/C28H31FN2OS2/c1-33-23-11-12-27-25(19-23)31(24-5-2-3-6-26(24)34-27)16-4-15-30-17-13-21(14-18-30)28(32)20-7-9-22(29)10-8-20/h2-3,5-12,19,21,28,32H,4,13-18H2,1H3. The lowest BCUT2D eigenvalue weighted by Gasteiger charge is -2.36. The van der Waals surface area contributed by atoms with Crippen LogP contribution in [-0.2, 0) is 0 Å². The van der Waals surface area contributed by atoms with Gasteiger partial charge in [0.25, 0.3) is 0 Å². The third-order valence-corrected chi connectivity index (χ3v) is 8.83. The van der Waals surface area contributed by atoms with Gasteiger partial charge in [-0.3, -0.25) is 0 Å². The lowest BCUT2D eigenvalue weighted by atomic mass is 9.87. The van der Waals surface area contributed by atoms with Crippen molar-refractivity contribution in [2.75, 3.05) is 37.3 Å². The molecule has 34 heavy (non-hydrogen) atoms. The highest BCUT2D eigenvalue weighted by Crippen LogP contribution is 2.48. The first-order valence-electron chi connectivity index (χ1n) is 12.0. The van der Waals surface area contributed by atoms with E-state index in [0.29, 0.717) is 0 Å². The van der Waals surface area contributed by atoms with Gasteiger partial charge in [0.1, 0.15) is 5.82 Å². The van der Waals surface area contributed by atoms with Crippen LogP contribution in [0.25, 0.3) is 0 Å². The van der Waals surface area contributed by atoms with E-state index in [2.05, 4.69) is 58.5 Å². The molecule has 5 rings (SSSR count). The number of hydrogen-bond acceptors (Lipinski definition) is 5. The lowest BCUT2D eigenvalue weighted by molar-refractivity contribution is 0.0587. The maximum atomic E-state index is 13.2. The number of fused-ring (bicyclic) bond motifs is 2. The first-order chi connectivity index (χ1) is 16.6. The SMILES string of the molecule is CSc1ccc2c(c1)N(CCCN1CCC(C(O)c3ccc(F)cc3)CC1)c1ccccc1S2. The van der Waals surface area contributed by atoms with Crippen molar-refractivity contribution in [2.24, 2.45) is 5.92 Å². The minimum atomic E-state index is -0.507. The fourth-order valence-corrected chi connectivity index (χ4v) is 6.56. The normalized spacial score (nSPS) is 17.3. The van der Waals surface area contributed by atoms with E-state index >= 15 is 0 Å². The van der Waals surface area contributed by atoms with Crippen molar-refractivity contribution in [1.29, 1.82) is 0 Å². The molecule has 1 N–H and O–H groups in total. The van der Waals surface area contributed by atoms with E-state index in [0.717, 1.165) is 51.0 Å². The fraction of sp³-hybridized carbons (Fsp3) is 0.357. The number of nitrogens with zero attached hydrogens (tertiary/aromatic N) is 2. The third kappa shape index (κ3) is 5.15. The molecule has 3 aromatic carbocycles. The molecule has 0 amide bonds. The van der Waals surface area contributed by atoms with Gasteiger partial charge in [-0.2, -0.15) is 0 Å². The van der Waals surface area contributed by atoms with Crippen molar-refractivity contribution in [2.45, 2.75) is 40.1 Å². The van der Waals surface area contributed by atoms with Crippen molar-refractivity contribution in [3.63, 3.8) is 0 Å². The summed E-state index contributed by atoms with van der Waals surface area (Å²) in [5.74, 6) is -0.0162. The molecule has 1 saturated heterocycles. The topological polar surface area (TPSA) is 26.7 Å². The Morgan fingerprint density at radius 1 is 0.971 bits per heavy atom. The Balaban J connectivity index is 1.19. The van der Waals surface area contributed by atoms with Gasteiger partial charge in [0, 0.05) is 21.2 Å². The molecule has 0 aromatic heterocycles. The van der Waals surface area contributed by atoms with Gasteiger partial charge >= 0.3 is 0 Å². The number of para-hydroxylation sites is 1. The Morgan fingerprint density at radius 2 is 1.71 bits per heavy atom. The second-order valence-corrected chi connectivity index (χ2v) is 11.0. The van der Waals surface area contributed by atoms with E-state index in [9.17, 15) is 9.50 Å². The van der Waals surface area contributed by atoms with Crippen molar-refractivity contribution in [3.8, 4) is 0 Å². The molecule has 6 heteroatoms. The largest absolute Gasteiger partial charge is 0.388 e. The molecule has 0 saturated carbocycles. The van der Waals surface area contributed by atoms with Crippen LogP contribution in [0.4, 0.5) is 15.8 Å². The summed E-state index contributed by atoms with van der Waals surface area (Å²) in [6, 6.07) is 21.8. The highest BCUT2D eigenvalue weighted by molar-refractivity contribution is 8.00. The van der Waals surface area contributed by atoms with E-state index in [-0.39, 0.29) is 11.7 Å². The molecule has 1 fully saturated rings. The Hall–Kier alpha value is -1.99. The van der Waals surface area contributed by atoms with E-state index in [1.54, 1.807) is 23.9 Å². The number of rotatable bonds is 7. The summed E-state index contributed by atoms with van der Waals surface area (Å²) in [6.45, 7) is 4.05. The maximum Gasteiger partial charge on any atom is 0.123 e. The highest BCUT2D eigenvalue weighted by Gasteiger charge is 2.27. The van der Waals surface area contributed by atoms with Gasteiger partial charge in [0.05, 0.1) is 17.5 Å². The van der Waals surface area contributed by atoms with E-state index in [1.807, 2.05) is 11.8 Å². The summed E-state index contributed by atoms with van der Waals surface area (Å²) in [7, 11) is 0. The van der Waals surface area contributed by atoms with Gasteiger partial charge in [-0.25, -0.2) is 4.39 Å². The number of aliphatic hydroxyl groups excluding tert-OH is 1. The van der Waals surface area contributed by atoms with Gasteiger partial charge in [0.15, 0.2) is 0 Å². The van der Waals surface area contributed by atoms with Gasteiger partial charge in [-0.15, -0.1) is 11.8 Å². The summed E-state index contributed by atoms with van der Waals surface area (Å²) < 4.78 is 13.2. The van der Waals surface area contributed by atoms with Crippen LogP contribution in [0.3, 0.4) is 0 Å². The van der Waals surface area contributed by atoms with Crippen LogP contribution in [0.2, 0.25) is 0 Å². The number of halogens is 1. The first kappa shape index (κ1) is 23.7. The number of hydrogen-bond donors (Lipinski definition) is 1. The molecule has 0 radical (unpaired) electrons. The van der Waals surface area contributed by atoms with Gasteiger partial charge < -0.3 is 14.9 Å². The maximum absolute atomic E-state index is 13.2. The molecule has 0 aliphatic carbocycles. The van der Waals surface area contributed by atoms with Crippen LogP contribution in [0.15, 0.2) is 81.4 Å². The van der Waals surface area contributed by atoms with Crippen LogP contribution in [0, 0.1) is 11.7 Å². The minimum absolute atomic E-state index is 0.240. The van der Waals surface area contributed by atoms with Crippen molar-refractivity contribution < 1.29 is 9.50 Å². The van der Waals surface area contributed by atoms with E-state index < -0.39 is 6.10 Å². The number of piperidine rings is 1. The van der Waals surface area contributed by atoms with Crippen molar-refractivity contribution in [3.05, 3.63) is 78.1 Å². The second-order valence-electron chi connectivity index (χ2n) is 9.08. The van der Waals surface area contributed by atoms with Crippen LogP contribution in [0.1, 0.15) is 30.9 Å². The zero-order valence-corrected chi connectivity index (χ0v) is 21.1. The Kier molecular flexibility index (Phi) is 7.49. The zero-order chi connectivity index (χ0) is 23.5. The average Bonchev–Trinajstić information content (AvgIpc) is 2.88. The predicted octanol–water partition coefficient (Wildman–Crippen LogP) is 6.99. The molecule has 3 aromatic rings. The van der Waals surface area contributed by atoms with Gasteiger partial charge in [0.2, 0.25) is 0 Å². The molecular formula is C28H31FN2OS2. The number of benzene rings is 3. The summed E-state index contributed by atoms with van der Waals surface area (Å²) in [5.41, 5.74) is 3.45. The molecule has 2 aliphatic heterocycles. The van der Waals surface area contributed by atoms with Gasteiger partial charge in [-0.05, 0) is 99.1 Å². The number of thioether (sulfide) groups is 1. The second kappa shape index (κ2) is 10.7. The molecule has 1 unspecified atom stereocenters. The fourth-order valence-electron chi connectivity index (χ4n) is 5.05. The number of anilines is 2. The van der Waals surface area contributed by atoms with Crippen LogP contribution < -0.4 is 4.90 Å². The first-order valence-corrected chi connectivity index (χ1v) is 14.0. The zero-order valence-electron chi connectivity index (χ0n) is 19.5. The van der Waals surface area contributed by atoms with E-state index in [4.69, 9.17) is 0 Å². The number of aliphatic hydroxyl groups is 1. The number of likely N-dealkylation sites (tertiary alicyclic amines) is 1. The smallest absolute Gasteiger partial charge is 0.123 e. The molecule has 3 nitrogen and oxygen atoms in total. The molecule has 1 atom stereocenters.